The van der Waals surface area contributed by atoms with Crippen LogP contribution in [0.3, 0.4) is 0 Å². The highest BCUT2D eigenvalue weighted by Crippen LogP contribution is 2.33. The Morgan fingerprint density at radius 3 is 3.06 bits per heavy atom. The number of aromatic nitrogens is 1. The summed E-state index contributed by atoms with van der Waals surface area (Å²) in [7, 11) is 0. The topological polar surface area (TPSA) is 48.7 Å². The van der Waals surface area contributed by atoms with Crippen LogP contribution < -0.4 is 5.32 Å². The Morgan fingerprint density at radius 1 is 1.53 bits per heavy atom. The summed E-state index contributed by atoms with van der Waals surface area (Å²) in [5.74, 6) is 0.826. The summed E-state index contributed by atoms with van der Waals surface area (Å²) in [6.07, 6.45) is 6.56. The largest absolute Gasteiger partial charge is 0.310 e. The third-order valence-electron chi connectivity index (χ3n) is 3.87. The van der Waals surface area contributed by atoms with Crippen LogP contribution in [0.15, 0.2) is 18.3 Å². The van der Waals surface area contributed by atoms with Crippen LogP contribution in [0.4, 0.5) is 0 Å². The van der Waals surface area contributed by atoms with Gasteiger partial charge in [0.15, 0.2) is 0 Å². The Labute approximate surface area is 101 Å². The summed E-state index contributed by atoms with van der Waals surface area (Å²) in [5, 5.41) is 12.4. The van der Waals surface area contributed by atoms with Gasteiger partial charge in [-0.2, -0.15) is 5.26 Å². The number of nitrogens with zero attached hydrogens (tertiary/aromatic N) is 2. The number of rotatable bonds is 1. The number of hydrogen-bond donors (Lipinski definition) is 1. The van der Waals surface area contributed by atoms with Gasteiger partial charge in [-0.3, -0.25) is 4.98 Å². The van der Waals surface area contributed by atoms with Crippen molar-refractivity contribution in [2.24, 2.45) is 5.92 Å². The van der Waals surface area contributed by atoms with Crippen molar-refractivity contribution in [1.29, 1.82) is 5.26 Å². The lowest BCUT2D eigenvalue weighted by Gasteiger charge is -2.40. The predicted molar refractivity (Wildman–Crippen MR) is 66.2 cm³/mol. The quantitative estimate of drug-likeness (QED) is 0.795. The van der Waals surface area contributed by atoms with Crippen molar-refractivity contribution < 1.29 is 0 Å². The molecule has 0 radical (unpaired) electrons. The Morgan fingerprint density at radius 2 is 2.41 bits per heavy atom. The van der Waals surface area contributed by atoms with Crippen LogP contribution in [0.2, 0.25) is 0 Å². The highest BCUT2D eigenvalue weighted by atomic mass is 15.0. The molecule has 2 atom stereocenters. The average molecular weight is 225 g/mol. The fourth-order valence-corrected chi connectivity index (χ4v) is 2.60. The van der Waals surface area contributed by atoms with E-state index in [-0.39, 0.29) is 0 Å². The van der Waals surface area contributed by atoms with E-state index < -0.39 is 0 Å². The van der Waals surface area contributed by atoms with Gasteiger partial charge in [0.25, 0.3) is 0 Å². The Hall–Kier alpha value is -1.66. The summed E-state index contributed by atoms with van der Waals surface area (Å²) >= 11 is 0. The molecule has 1 aromatic heterocycles. The van der Waals surface area contributed by atoms with Crippen LogP contribution in [0.1, 0.15) is 29.7 Å². The van der Waals surface area contributed by atoms with Crippen LogP contribution in [0.25, 0.3) is 5.57 Å². The second kappa shape index (κ2) is 3.97. The number of pyridine rings is 1. The smallest absolute Gasteiger partial charge is 0.101 e. The molecule has 86 valence electrons. The lowest BCUT2D eigenvalue weighted by molar-refractivity contribution is 0.256. The Balaban J connectivity index is 1.94. The minimum atomic E-state index is 0.547. The van der Waals surface area contributed by atoms with Crippen molar-refractivity contribution in [3.63, 3.8) is 0 Å². The molecule has 0 amide bonds. The molecule has 1 N–H and O–H groups in total. The van der Waals surface area contributed by atoms with Gasteiger partial charge >= 0.3 is 0 Å². The molecule has 1 fully saturated rings. The molecule has 17 heavy (non-hydrogen) atoms. The number of nitrogens with one attached hydrogen (secondary N) is 1. The van der Waals surface area contributed by atoms with Gasteiger partial charge in [0.1, 0.15) is 6.07 Å². The van der Waals surface area contributed by atoms with Crippen LogP contribution in [-0.2, 0) is 0 Å². The zero-order chi connectivity index (χ0) is 11.8. The third-order valence-corrected chi connectivity index (χ3v) is 3.87. The van der Waals surface area contributed by atoms with E-state index in [0.717, 1.165) is 30.1 Å². The van der Waals surface area contributed by atoms with Crippen molar-refractivity contribution in [2.45, 2.75) is 25.8 Å². The van der Waals surface area contributed by atoms with Crippen molar-refractivity contribution in [1.82, 2.24) is 10.3 Å². The number of fused-ring (bicyclic) bond motifs is 1. The van der Waals surface area contributed by atoms with Gasteiger partial charge in [-0.1, -0.05) is 6.08 Å². The first-order chi connectivity index (χ1) is 8.28. The first-order valence-corrected chi connectivity index (χ1v) is 6.09. The molecule has 2 aliphatic rings. The first kappa shape index (κ1) is 10.5. The van der Waals surface area contributed by atoms with Crippen LogP contribution in [0.5, 0.6) is 0 Å². The molecular formula is C14H15N3. The molecule has 0 spiro atoms. The van der Waals surface area contributed by atoms with Gasteiger partial charge in [0.05, 0.1) is 11.3 Å². The minimum absolute atomic E-state index is 0.547. The van der Waals surface area contributed by atoms with E-state index in [0.29, 0.717) is 11.6 Å². The first-order valence-electron chi connectivity index (χ1n) is 6.09. The fourth-order valence-electron chi connectivity index (χ4n) is 2.60. The van der Waals surface area contributed by atoms with E-state index in [1.807, 2.05) is 19.2 Å². The maximum atomic E-state index is 9.02. The molecule has 0 saturated carbocycles. The maximum Gasteiger partial charge on any atom is 0.101 e. The van der Waals surface area contributed by atoms with Gasteiger partial charge in [0.2, 0.25) is 0 Å². The van der Waals surface area contributed by atoms with Crippen molar-refractivity contribution >= 4 is 5.57 Å². The average Bonchev–Trinajstić information content (AvgIpc) is 2.32. The Bertz CT molecular complexity index is 525. The SMILES string of the molecule is Cc1ncc(C2=CC3NCC3CC2)cc1C#N. The summed E-state index contributed by atoms with van der Waals surface area (Å²) < 4.78 is 0. The zero-order valence-electron chi connectivity index (χ0n) is 9.90. The molecule has 1 saturated heterocycles. The minimum Gasteiger partial charge on any atom is -0.310 e. The van der Waals surface area contributed by atoms with Gasteiger partial charge < -0.3 is 5.32 Å². The number of aryl methyl sites for hydroxylation is 1. The Kier molecular flexibility index (Phi) is 2.45. The highest BCUT2D eigenvalue weighted by molar-refractivity contribution is 5.68. The van der Waals surface area contributed by atoms with E-state index in [1.54, 1.807) is 0 Å². The number of hydrogen-bond acceptors (Lipinski definition) is 3. The zero-order valence-corrected chi connectivity index (χ0v) is 9.90. The van der Waals surface area contributed by atoms with E-state index in [4.69, 9.17) is 5.26 Å². The molecule has 3 heteroatoms. The molecule has 3 rings (SSSR count). The molecule has 3 nitrogen and oxygen atoms in total. The van der Waals surface area contributed by atoms with Gasteiger partial charge in [-0.05, 0) is 42.9 Å². The lowest BCUT2D eigenvalue weighted by atomic mass is 9.78. The van der Waals surface area contributed by atoms with E-state index in [2.05, 4.69) is 22.4 Å². The van der Waals surface area contributed by atoms with Crippen LogP contribution in [-0.4, -0.2) is 17.6 Å². The van der Waals surface area contributed by atoms with E-state index in [1.165, 1.54) is 12.0 Å². The monoisotopic (exact) mass is 225 g/mol. The van der Waals surface area contributed by atoms with E-state index >= 15 is 0 Å². The van der Waals surface area contributed by atoms with Crippen molar-refractivity contribution in [3.8, 4) is 6.07 Å². The molecule has 1 aromatic rings. The van der Waals surface area contributed by atoms with Gasteiger partial charge in [-0.25, -0.2) is 0 Å². The van der Waals surface area contributed by atoms with E-state index in [9.17, 15) is 0 Å². The normalized spacial score (nSPS) is 26.5. The summed E-state index contributed by atoms with van der Waals surface area (Å²) in [6, 6.07) is 4.72. The summed E-state index contributed by atoms with van der Waals surface area (Å²) in [5.41, 5.74) is 3.95. The molecular weight excluding hydrogens is 210 g/mol. The predicted octanol–water partition coefficient (Wildman–Crippen LogP) is 2.03. The van der Waals surface area contributed by atoms with Crippen molar-refractivity contribution in [2.75, 3.05) is 6.54 Å². The fraction of sp³-hybridized carbons (Fsp3) is 0.429. The summed E-state index contributed by atoms with van der Waals surface area (Å²) in [6.45, 7) is 3.03. The molecule has 1 aliphatic carbocycles. The molecule has 0 bridgehead atoms. The van der Waals surface area contributed by atoms with Gasteiger partial charge in [-0.15, -0.1) is 0 Å². The molecule has 0 aromatic carbocycles. The lowest BCUT2D eigenvalue weighted by Crippen LogP contribution is -2.52. The molecule has 1 aliphatic heterocycles. The molecule has 2 unspecified atom stereocenters. The number of nitriles is 1. The maximum absolute atomic E-state index is 9.02. The second-order valence-corrected chi connectivity index (χ2v) is 4.89. The molecule has 2 heterocycles. The highest BCUT2D eigenvalue weighted by Gasteiger charge is 2.31. The van der Waals surface area contributed by atoms with Gasteiger partial charge in [0, 0.05) is 18.8 Å². The summed E-state index contributed by atoms with van der Waals surface area (Å²) in [4.78, 5) is 4.30. The second-order valence-electron chi connectivity index (χ2n) is 4.89. The van der Waals surface area contributed by atoms with Crippen molar-refractivity contribution in [3.05, 3.63) is 35.2 Å². The van der Waals surface area contributed by atoms with Crippen LogP contribution >= 0.6 is 0 Å². The number of allylic oxidation sites excluding steroid dienone is 1. The third kappa shape index (κ3) is 1.75. The standard InChI is InChI=1S/C14H15N3/c1-9-12(6-15)4-13(8-16-9)10-2-3-11-7-17-14(11)5-10/h4-5,8,11,14,17H,2-3,7H2,1H3. The van der Waals surface area contributed by atoms with Crippen LogP contribution in [0, 0.1) is 24.2 Å².